The van der Waals surface area contributed by atoms with Crippen molar-refractivity contribution in [1.29, 1.82) is 0 Å². The number of benzene rings is 2. The fraction of sp³-hybridized carbons (Fsp3) is 0.316. The monoisotopic (exact) mass is 358 g/mol. The molecule has 6 heteroatoms. The second kappa shape index (κ2) is 7.37. The Balaban J connectivity index is 1.92. The summed E-state index contributed by atoms with van der Waals surface area (Å²) in [5.41, 5.74) is 1.80. The smallest absolute Gasteiger partial charge is 0.234 e. The van der Waals surface area contributed by atoms with E-state index >= 15 is 0 Å². The molecule has 1 fully saturated rings. The van der Waals surface area contributed by atoms with Gasteiger partial charge in [0.2, 0.25) is 15.9 Å². The molecule has 5 nitrogen and oxygen atoms in total. The number of sulfonamides is 1. The van der Waals surface area contributed by atoms with Crippen molar-refractivity contribution in [3.8, 4) is 0 Å². The van der Waals surface area contributed by atoms with Crippen LogP contribution >= 0.6 is 0 Å². The molecule has 0 radical (unpaired) electrons. The molecule has 2 aromatic rings. The Kier molecular flexibility index (Phi) is 5.20. The number of nitrogens with two attached hydrogens (primary N) is 1. The van der Waals surface area contributed by atoms with Gasteiger partial charge in [-0.15, -0.1) is 0 Å². The predicted molar refractivity (Wildman–Crippen MR) is 97.4 cm³/mol. The number of piperidine rings is 1. The van der Waals surface area contributed by atoms with E-state index in [9.17, 15) is 13.2 Å². The highest BCUT2D eigenvalue weighted by Gasteiger charge is 2.34. The molecule has 0 saturated carbocycles. The summed E-state index contributed by atoms with van der Waals surface area (Å²) in [7, 11) is -3.64. The maximum atomic E-state index is 13.3. The van der Waals surface area contributed by atoms with E-state index in [0.29, 0.717) is 19.4 Å². The number of amides is 1. The Hall–Kier alpha value is -2.18. The maximum Gasteiger partial charge on any atom is 0.234 e. The van der Waals surface area contributed by atoms with Crippen molar-refractivity contribution in [2.24, 2.45) is 5.14 Å². The van der Waals surface area contributed by atoms with E-state index in [4.69, 9.17) is 5.14 Å². The molecule has 1 aliphatic rings. The SMILES string of the molecule is NS(=O)(=O)C1CCCN(C(=O)C(c2ccccc2)c2ccccc2)C1. The predicted octanol–water partition coefficient (Wildman–Crippen LogP) is 2.10. The van der Waals surface area contributed by atoms with Gasteiger partial charge in [-0.25, -0.2) is 13.6 Å². The van der Waals surface area contributed by atoms with Gasteiger partial charge in [0, 0.05) is 13.1 Å². The molecule has 1 unspecified atom stereocenters. The van der Waals surface area contributed by atoms with Gasteiger partial charge in [0.1, 0.15) is 0 Å². The average molecular weight is 358 g/mol. The molecule has 3 rings (SSSR count). The number of primary sulfonamides is 1. The van der Waals surface area contributed by atoms with Crippen LogP contribution in [-0.4, -0.2) is 37.6 Å². The van der Waals surface area contributed by atoms with Crippen molar-refractivity contribution in [2.75, 3.05) is 13.1 Å². The van der Waals surface area contributed by atoms with E-state index in [0.717, 1.165) is 11.1 Å². The molecule has 0 spiro atoms. The first-order valence-electron chi connectivity index (χ1n) is 8.37. The maximum absolute atomic E-state index is 13.3. The van der Waals surface area contributed by atoms with Gasteiger partial charge in [-0.3, -0.25) is 4.79 Å². The summed E-state index contributed by atoms with van der Waals surface area (Å²) < 4.78 is 23.4. The number of carbonyl (C=O) groups excluding carboxylic acids is 1. The Morgan fingerprint density at radius 3 is 2.00 bits per heavy atom. The molecular weight excluding hydrogens is 336 g/mol. The number of likely N-dealkylation sites (tertiary alicyclic amines) is 1. The molecule has 0 aliphatic carbocycles. The molecule has 1 saturated heterocycles. The first kappa shape index (κ1) is 17.6. The zero-order valence-electron chi connectivity index (χ0n) is 13.9. The largest absolute Gasteiger partial charge is 0.341 e. The van der Waals surface area contributed by atoms with E-state index in [-0.39, 0.29) is 12.5 Å². The molecule has 1 heterocycles. The van der Waals surface area contributed by atoms with Crippen LogP contribution in [0.4, 0.5) is 0 Å². The fourth-order valence-corrected chi connectivity index (χ4v) is 4.24. The minimum atomic E-state index is -3.64. The molecule has 132 valence electrons. The molecule has 0 bridgehead atoms. The fourth-order valence-electron chi connectivity index (χ4n) is 3.36. The highest BCUT2D eigenvalue weighted by Crippen LogP contribution is 2.28. The normalized spacial score (nSPS) is 18.3. The number of rotatable bonds is 4. The van der Waals surface area contributed by atoms with Gasteiger partial charge in [-0.1, -0.05) is 60.7 Å². The Morgan fingerprint density at radius 2 is 1.52 bits per heavy atom. The van der Waals surface area contributed by atoms with Crippen molar-refractivity contribution < 1.29 is 13.2 Å². The number of carbonyl (C=O) groups is 1. The average Bonchev–Trinajstić information content (AvgIpc) is 2.63. The van der Waals surface area contributed by atoms with Gasteiger partial charge in [-0.05, 0) is 24.0 Å². The number of hydrogen-bond acceptors (Lipinski definition) is 3. The Labute approximate surface area is 148 Å². The lowest BCUT2D eigenvalue weighted by Crippen LogP contribution is -2.48. The summed E-state index contributed by atoms with van der Waals surface area (Å²) in [6.07, 6.45) is 1.15. The van der Waals surface area contributed by atoms with Crippen molar-refractivity contribution in [3.63, 3.8) is 0 Å². The van der Waals surface area contributed by atoms with E-state index in [1.807, 2.05) is 60.7 Å². The van der Waals surface area contributed by atoms with E-state index in [2.05, 4.69) is 0 Å². The van der Waals surface area contributed by atoms with E-state index in [1.165, 1.54) is 0 Å². The highest BCUT2D eigenvalue weighted by molar-refractivity contribution is 7.89. The summed E-state index contributed by atoms with van der Waals surface area (Å²) >= 11 is 0. The standard InChI is InChI=1S/C19H22N2O3S/c20-25(23,24)17-12-7-13-21(14-17)19(22)18(15-8-3-1-4-9-15)16-10-5-2-6-11-16/h1-6,8-11,17-18H,7,12-14H2,(H2,20,23,24). The minimum absolute atomic E-state index is 0.0780. The third kappa shape index (κ3) is 4.08. The molecule has 25 heavy (non-hydrogen) atoms. The van der Waals surface area contributed by atoms with Crippen LogP contribution in [0.5, 0.6) is 0 Å². The summed E-state index contributed by atoms with van der Waals surface area (Å²) in [6, 6.07) is 19.1. The molecule has 0 aromatic heterocycles. The van der Waals surface area contributed by atoms with Crippen LogP contribution in [-0.2, 0) is 14.8 Å². The molecular formula is C19H22N2O3S. The van der Waals surface area contributed by atoms with Gasteiger partial charge in [0.15, 0.2) is 0 Å². The molecule has 2 aromatic carbocycles. The van der Waals surface area contributed by atoms with Crippen LogP contribution in [0.1, 0.15) is 29.9 Å². The third-order valence-corrected chi connectivity index (χ3v) is 5.98. The van der Waals surface area contributed by atoms with Gasteiger partial charge >= 0.3 is 0 Å². The zero-order valence-corrected chi connectivity index (χ0v) is 14.7. The minimum Gasteiger partial charge on any atom is -0.341 e. The lowest BCUT2D eigenvalue weighted by atomic mass is 9.89. The number of nitrogens with zero attached hydrogens (tertiary/aromatic N) is 1. The first-order chi connectivity index (χ1) is 12.0. The van der Waals surface area contributed by atoms with Crippen LogP contribution in [0.15, 0.2) is 60.7 Å². The molecule has 1 amide bonds. The quantitative estimate of drug-likeness (QED) is 0.909. The molecule has 2 N–H and O–H groups in total. The van der Waals surface area contributed by atoms with Gasteiger partial charge in [-0.2, -0.15) is 0 Å². The van der Waals surface area contributed by atoms with Crippen molar-refractivity contribution >= 4 is 15.9 Å². The third-order valence-electron chi connectivity index (χ3n) is 4.67. The van der Waals surface area contributed by atoms with E-state index in [1.54, 1.807) is 4.90 Å². The van der Waals surface area contributed by atoms with Crippen LogP contribution in [0, 0.1) is 0 Å². The van der Waals surface area contributed by atoms with Crippen molar-refractivity contribution in [1.82, 2.24) is 4.90 Å². The first-order valence-corrected chi connectivity index (χ1v) is 9.98. The topological polar surface area (TPSA) is 80.5 Å². The lowest BCUT2D eigenvalue weighted by Gasteiger charge is -2.34. The summed E-state index contributed by atoms with van der Waals surface area (Å²) in [5, 5.41) is 4.62. The van der Waals surface area contributed by atoms with Crippen LogP contribution < -0.4 is 5.14 Å². The van der Waals surface area contributed by atoms with Crippen molar-refractivity contribution in [2.45, 2.75) is 24.0 Å². The van der Waals surface area contributed by atoms with Gasteiger partial charge in [0.25, 0.3) is 0 Å². The van der Waals surface area contributed by atoms with Crippen LogP contribution in [0.2, 0.25) is 0 Å². The van der Waals surface area contributed by atoms with E-state index < -0.39 is 21.2 Å². The summed E-state index contributed by atoms with van der Waals surface area (Å²) in [6.45, 7) is 0.717. The molecule has 1 aliphatic heterocycles. The highest BCUT2D eigenvalue weighted by atomic mass is 32.2. The van der Waals surface area contributed by atoms with Crippen molar-refractivity contribution in [3.05, 3.63) is 71.8 Å². The van der Waals surface area contributed by atoms with Gasteiger partial charge < -0.3 is 4.90 Å². The zero-order chi connectivity index (χ0) is 17.9. The Morgan fingerprint density at radius 1 is 1.00 bits per heavy atom. The van der Waals surface area contributed by atoms with Crippen LogP contribution in [0.3, 0.4) is 0 Å². The second-order valence-corrected chi connectivity index (χ2v) is 8.24. The van der Waals surface area contributed by atoms with Crippen LogP contribution in [0.25, 0.3) is 0 Å². The lowest BCUT2D eigenvalue weighted by molar-refractivity contribution is -0.132. The summed E-state index contributed by atoms with van der Waals surface area (Å²) in [5.74, 6) is -0.521. The van der Waals surface area contributed by atoms with Gasteiger partial charge in [0.05, 0.1) is 11.2 Å². The second-order valence-electron chi connectivity index (χ2n) is 6.39. The number of hydrogen-bond donors (Lipinski definition) is 1. The molecule has 1 atom stereocenters. The summed E-state index contributed by atoms with van der Waals surface area (Å²) in [4.78, 5) is 14.9. The Bertz CT molecular complexity index is 783.